The van der Waals surface area contributed by atoms with Gasteiger partial charge in [0.15, 0.2) is 0 Å². The fourth-order valence-corrected chi connectivity index (χ4v) is 3.12. The minimum absolute atomic E-state index is 0.0852. The Balaban J connectivity index is 2.13. The SMILES string of the molecule is CC1CN(C(C(=O)Nc2ccccc2O)C(C)C)CC(C)O1. The van der Waals surface area contributed by atoms with E-state index in [1.54, 1.807) is 24.3 Å². The number of nitrogens with zero attached hydrogens (tertiary/aromatic N) is 1. The maximum Gasteiger partial charge on any atom is 0.242 e. The number of amides is 1. The van der Waals surface area contributed by atoms with Gasteiger partial charge in [-0.2, -0.15) is 0 Å². The Morgan fingerprint density at radius 2 is 1.86 bits per heavy atom. The standard InChI is InChI=1S/C17H26N2O3/c1-11(2)16(19-9-12(3)22-13(4)10-19)17(21)18-14-7-5-6-8-15(14)20/h5-8,11-13,16,20H,9-10H2,1-4H3,(H,18,21). The maximum absolute atomic E-state index is 12.7. The van der Waals surface area contributed by atoms with Gasteiger partial charge in [0.2, 0.25) is 5.91 Å². The van der Waals surface area contributed by atoms with Crippen LogP contribution in [0.5, 0.6) is 5.75 Å². The Labute approximate surface area is 132 Å². The highest BCUT2D eigenvalue weighted by Crippen LogP contribution is 2.24. The molecule has 1 aromatic rings. The maximum atomic E-state index is 12.7. The van der Waals surface area contributed by atoms with Crippen LogP contribution < -0.4 is 5.32 Å². The average molecular weight is 306 g/mol. The number of anilines is 1. The zero-order valence-electron chi connectivity index (χ0n) is 13.7. The van der Waals surface area contributed by atoms with E-state index in [1.807, 2.05) is 27.7 Å². The van der Waals surface area contributed by atoms with E-state index in [4.69, 9.17) is 4.74 Å². The van der Waals surface area contributed by atoms with Gasteiger partial charge in [0.05, 0.1) is 23.9 Å². The fourth-order valence-electron chi connectivity index (χ4n) is 3.12. The van der Waals surface area contributed by atoms with Gasteiger partial charge >= 0.3 is 0 Å². The summed E-state index contributed by atoms with van der Waals surface area (Å²) in [6.45, 7) is 9.62. The van der Waals surface area contributed by atoms with Gasteiger partial charge in [-0.15, -0.1) is 0 Å². The normalized spacial score (nSPS) is 24.2. The lowest BCUT2D eigenvalue weighted by Crippen LogP contribution is -2.55. The third kappa shape index (κ3) is 3.99. The fraction of sp³-hybridized carbons (Fsp3) is 0.588. The minimum Gasteiger partial charge on any atom is -0.506 e. The highest BCUT2D eigenvalue weighted by atomic mass is 16.5. The lowest BCUT2D eigenvalue weighted by molar-refractivity contribution is -0.130. The highest BCUT2D eigenvalue weighted by molar-refractivity contribution is 5.96. The van der Waals surface area contributed by atoms with E-state index in [2.05, 4.69) is 10.2 Å². The van der Waals surface area contributed by atoms with Gasteiger partial charge in [0.1, 0.15) is 5.75 Å². The number of hydrogen-bond donors (Lipinski definition) is 2. The third-order valence-electron chi connectivity index (χ3n) is 3.90. The van der Waals surface area contributed by atoms with Gasteiger partial charge in [-0.05, 0) is 31.9 Å². The van der Waals surface area contributed by atoms with E-state index in [0.717, 1.165) is 13.1 Å². The van der Waals surface area contributed by atoms with Gasteiger partial charge < -0.3 is 15.2 Å². The number of hydrogen-bond acceptors (Lipinski definition) is 4. The van der Waals surface area contributed by atoms with Crippen molar-refractivity contribution in [3.63, 3.8) is 0 Å². The topological polar surface area (TPSA) is 61.8 Å². The molecule has 22 heavy (non-hydrogen) atoms. The van der Waals surface area contributed by atoms with Crippen LogP contribution in [0, 0.1) is 5.92 Å². The smallest absolute Gasteiger partial charge is 0.242 e. The van der Waals surface area contributed by atoms with Gasteiger partial charge in [0.25, 0.3) is 0 Å². The lowest BCUT2D eigenvalue weighted by atomic mass is 9.99. The van der Waals surface area contributed by atoms with Crippen molar-refractivity contribution in [2.45, 2.75) is 45.9 Å². The zero-order chi connectivity index (χ0) is 16.3. The molecule has 0 aliphatic carbocycles. The van der Waals surface area contributed by atoms with Crippen molar-refractivity contribution in [1.29, 1.82) is 0 Å². The van der Waals surface area contributed by atoms with Crippen molar-refractivity contribution in [2.75, 3.05) is 18.4 Å². The Hall–Kier alpha value is -1.59. The van der Waals surface area contributed by atoms with Crippen molar-refractivity contribution in [3.05, 3.63) is 24.3 Å². The van der Waals surface area contributed by atoms with Gasteiger partial charge in [-0.25, -0.2) is 0 Å². The first-order valence-electron chi connectivity index (χ1n) is 7.87. The first-order valence-corrected chi connectivity index (χ1v) is 7.87. The van der Waals surface area contributed by atoms with Crippen LogP contribution in [-0.2, 0) is 9.53 Å². The number of morpholine rings is 1. The summed E-state index contributed by atoms with van der Waals surface area (Å²) in [5.74, 6) is 0.170. The molecule has 0 radical (unpaired) electrons. The van der Waals surface area contributed by atoms with Crippen LogP contribution in [-0.4, -0.2) is 47.3 Å². The second kappa shape index (κ2) is 7.11. The summed E-state index contributed by atoms with van der Waals surface area (Å²) in [5, 5.41) is 12.7. The molecule has 122 valence electrons. The number of carbonyl (C=O) groups is 1. The number of rotatable bonds is 4. The molecule has 1 amide bonds. The summed E-state index contributed by atoms with van der Waals surface area (Å²) in [5.41, 5.74) is 0.451. The monoisotopic (exact) mass is 306 g/mol. The van der Waals surface area contributed by atoms with Crippen LogP contribution in [0.25, 0.3) is 0 Å². The van der Waals surface area contributed by atoms with Gasteiger partial charge in [0, 0.05) is 13.1 Å². The molecule has 1 heterocycles. The number of phenols is 1. The molecule has 5 nitrogen and oxygen atoms in total. The van der Waals surface area contributed by atoms with Crippen molar-refractivity contribution in [3.8, 4) is 5.75 Å². The highest BCUT2D eigenvalue weighted by Gasteiger charge is 2.34. The molecule has 3 unspecified atom stereocenters. The lowest BCUT2D eigenvalue weighted by Gasteiger charge is -2.41. The number of para-hydroxylation sites is 2. The quantitative estimate of drug-likeness (QED) is 0.839. The number of phenolic OH excluding ortho intramolecular Hbond substituents is 1. The van der Waals surface area contributed by atoms with Crippen LogP contribution in [0.1, 0.15) is 27.7 Å². The summed E-state index contributed by atoms with van der Waals surface area (Å²) < 4.78 is 5.75. The summed E-state index contributed by atoms with van der Waals surface area (Å²) in [7, 11) is 0. The Morgan fingerprint density at radius 1 is 1.27 bits per heavy atom. The Morgan fingerprint density at radius 3 is 2.41 bits per heavy atom. The Kier molecular flexibility index (Phi) is 5.42. The van der Waals surface area contributed by atoms with Crippen LogP contribution in [0.2, 0.25) is 0 Å². The van der Waals surface area contributed by atoms with E-state index in [1.165, 1.54) is 0 Å². The number of carbonyl (C=O) groups excluding carboxylic acids is 1. The molecule has 1 aliphatic heterocycles. The van der Waals surface area contributed by atoms with Crippen molar-refractivity contribution < 1.29 is 14.6 Å². The van der Waals surface area contributed by atoms with Crippen LogP contribution in [0.4, 0.5) is 5.69 Å². The Bertz CT molecular complexity index is 508. The molecular weight excluding hydrogens is 280 g/mol. The first-order chi connectivity index (χ1) is 10.4. The van der Waals surface area contributed by atoms with Gasteiger partial charge in [-0.3, -0.25) is 9.69 Å². The van der Waals surface area contributed by atoms with E-state index >= 15 is 0 Å². The molecular formula is C17H26N2O3. The molecule has 1 aliphatic rings. The molecule has 3 atom stereocenters. The predicted molar refractivity (Wildman–Crippen MR) is 86.9 cm³/mol. The molecule has 2 N–H and O–H groups in total. The first kappa shape index (κ1) is 16.8. The largest absolute Gasteiger partial charge is 0.506 e. The van der Waals surface area contributed by atoms with E-state index < -0.39 is 0 Å². The molecule has 0 saturated carbocycles. The molecule has 0 bridgehead atoms. The number of ether oxygens (including phenoxy) is 1. The number of aromatic hydroxyl groups is 1. The van der Waals surface area contributed by atoms with Crippen LogP contribution in [0.15, 0.2) is 24.3 Å². The molecule has 1 fully saturated rings. The van der Waals surface area contributed by atoms with E-state index in [9.17, 15) is 9.90 Å². The summed E-state index contributed by atoms with van der Waals surface area (Å²) in [6.07, 6.45) is 0.228. The molecule has 5 heteroatoms. The summed E-state index contributed by atoms with van der Waals surface area (Å²) in [4.78, 5) is 14.9. The third-order valence-corrected chi connectivity index (χ3v) is 3.90. The van der Waals surface area contributed by atoms with Crippen LogP contribution in [0.3, 0.4) is 0 Å². The molecule has 0 aromatic heterocycles. The average Bonchev–Trinajstić information content (AvgIpc) is 2.40. The second-order valence-electron chi connectivity index (χ2n) is 6.41. The molecule has 1 saturated heterocycles. The van der Waals surface area contributed by atoms with Crippen molar-refractivity contribution in [2.24, 2.45) is 5.92 Å². The van der Waals surface area contributed by atoms with Crippen LogP contribution >= 0.6 is 0 Å². The summed E-state index contributed by atoms with van der Waals surface area (Å²) in [6, 6.07) is 6.55. The predicted octanol–water partition coefficient (Wildman–Crippen LogP) is 2.46. The second-order valence-corrected chi connectivity index (χ2v) is 6.41. The number of benzene rings is 1. The minimum atomic E-state index is -0.242. The molecule has 0 spiro atoms. The van der Waals surface area contributed by atoms with E-state index in [-0.39, 0.29) is 35.8 Å². The molecule has 1 aromatic carbocycles. The summed E-state index contributed by atoms with van der Waals surface area (Å²) >= 11 is 0. The zero-order valence-corrected chi connectivity index (χ0v) is 13.7. The molecule has 2 rings (SSSR count). The van der Waals surface area contributed by atoms with Crippen molar-refractivity contribution in [1.82, 2.24) is 4.90 Å². The van der Waals surface area contributed by atoms with E-state index in [0.29, 0.717) is 5.69 Å². The number of nitrogens with one attached hydrogen (secondary N) is 1. The van der Waals surface area contributed by atoms with Gasteiger partial charge in [-0.1, -0.05) is 26.0 Å². The van der Waals surface area contributed by atoms with Crippen molar-refractivity contribution >= 4 is 11.6 Å².